The molecule has 2 heterocycles. The van der Waals surface area contributed by atoms with Crippen molar-refractivity contribution in [2.75, 3.05) is 0 Å². The number of H-pyrrole nitrogens is 2. The van der Waals surface area contributed by atoms with Crippen LogP contribution in [0.5, 0.6) is 0 Å². The maximum atomic E-state index is 14.8. The minimum Gasteiger partial charge on any atom is -0.338 e. The van der Waals surface area contributed by atoms with E-state index in [1.54, 1.807) is 30.4 Å². The number of non-ortho nitro benzene ring substituents is 1. The lowest BCUT2D eigenvalue weighted by Gasteiger charge is -2.00. The fourth-order valence-electron chi connectivity index (χ4n) is 3.35. The summed E-state index contributed by atoms with van der Waals surface area (Å²) in [6, 6.07) is 13.2. The average molecular weight is 417 g/mol. The monoisotopic (exact) mass is 417 g/mol. The van der Waals surface area contributed by atoms with Crippen molar-refractivity contribution >= 4 is 39.8 Å². The first-order valence-corrected chi connectivity index (χ1v) is 9.24. The van der Waals surface area contributed by atoms with Crippen LogP contribution in [0.25, 0.3) is 45.5 Å². The summed E-state index contributed by atoms with van der Waals surface area (Å²) in [5.41, 5.74) is 2.93. The minimum atomic E-state index is -0.515. The second kappa shape index (κ2) is 7.13. The fourth-order valence-corrected chi connectivity index (χ4v) is 3.35. The van der Waals surface area contributed by atoms with Gasteiger partial charge in [0.2, 0.25) is 0 Å². The highest BCUT2D eigenvalue weighted by Crippen LogP contribution is 2.30. The van der Waals surface area contributed by atoms with Crippen molar-refractivity contribution in [3.05, 3.63) is 87.6 Å². The molecule has 0 amide bonds. The quantitative estimate of drug-likeness (QED) is 0.299. The van der Waals surface area contributed by atoms with Gasteiger partial charge in [-0.2, -0.15) is 5.10 Å². The summed E-state index contributed by atoms with van der Waals surface area (Å²) < 4.78 is 27.8. The molecule has 152 valence electrons. The number of benzene rings is 3. The van der Waals surface area contributed by atoms with Crippen LogP contribution in [0.2, 0.25) is 0 Å². The van der Waals surface area contributed by atoms with Crippen molar-refractivity contribution in [3.63, 3.8) is 0 Å². The molecule has 5 aromatic rings. The second-order valence-corrected chi connectivity index (χ2v) is 6.92. The van der Waals surface area contributed by atoms with Gasteiger partial charge < -0.3 is 4.98 Å². The molecule has 0 aliphatic carbocycles. The summed E-state index contributed by atoms with van der Waals surface area (Å²) in [6.45, 7) is 0. The maximum absolute atomic E-state index is 14.8. The highest BCUT2D eigenvalue weighted by atomic mass is 19.1. The molecule has 0 atom stereocenters. The van der Waals surface area contributed by atoms with E-state index in [9.17, 15) is 18.9 Å². The first kappa shape index (κ1) is 18.6. The number of aromatic amines is 2. The van der Waals surface area contributed by atoms with Crippen LogP contribution in [-0.2, 0) is 0 Å². The third-order valence-electron chi connectivity index (χ3n) is 4.92. The molecule has 0 aliphatic rings. The number of nitrogens with one attached hydrogen (secondary N) is 2. The first-order chi connectivity index (χ1) is 15.0. The van der Waals surface area contributed by atoms with Gasteiger partial charge in [0.15, 0.2) is 0 Å². The lowest BCUT2D eigenvalue weighted by molar-refractivity contribution is -0.384. The zero-order valence-electron chi connectivity index (χ0n) is 15.8. The van der Waals surface area contributed by atoms with Crippen LogP contribution < -0.4 is 0 Å². The molecule has 0 fully saturated rings. The van der Waals surface area contributed by atoms with E-state index in [-0.39, 0.29) is 22.9 Å². The number of aromatic nitrogens is 4. The van der Waals surface area contributed by atoms with Gasteiger partial charge in [0.05, 0.1) is 32.7 Å². The molecule has 31 heavy (non-hydrogen) atoms. The number of nitro benzene ring substituents is 1. The molecular weight excluding hydrogens is 404 g/mol. The maximum Gasteiger partial charge on any atom is 0.271 e. The Morgan fingerprint density at radius 2 is 1.77 bits per heavy atom. The Hall–Kier alpha value is -4.40. The minimum absolute atomic E-state index is 0.0818. The van der Waals surface area contributed by atoms with Crippen LogP contribution in [0.4, 0.5) is 14.5 Å². The predicted octanol–water partition coefficient (Wildman–Crippen LogP) is 5.46. The molecule has 0 saturated carbocycles. The van der Waals surface area contributed by atoms with Crippen molar-refractivity contribution < 1.29 is 13.7 Å². The van der Waals surface area contributed by atoms with Crippen LogP contribution in [-0.4, -0.2) is 25.1 Å². The summed E-state index contributed by atoms with van der Waals surface area (Å²) in [5.74, 6) is -0.581. The molecule has 0 bridgehead atoms. The van der Waals surface area contributed by atoms with Gasteiger partial charge >= 0.3 is 0 Å². The van der Waals surface area contributed by atoms with Crippen molar-refractivity contribution in [3.8, 4) is 11.4 Å². The number of imidazole rings is 1. The molecule has 2 N–H and O–H groups in total. The van der Waals surface area contributed by atoms with Gasteiger partial charge in [0, 0.05) is 23.6 Å². The summed E-state index contributed by atoms with van der Waals surface area (Å²) in [6.07, 6.45) is 3.52. The van der Waals surface area contributed by atoms with E-state index >= 15 is 0 Å². The Kier molecular flexibility index (Phi) is 4.28. The Balaban J connectivity index is 1.57. The van der Waals surface area contributed by atoms with Crippen molar-refractivity contribution in [1.82, 2.24) is 20.2 Å². The van der Waals surface area contributed by atoms with E-state index in [4.69, 9.17) is 0 Å². The van der Waals surface area contributed by atoms with Gasteiger partial charge in [0.1, 0.15) is 17.5 Å². The molecule has 2 aromatic heterocycles. The lowest BCUT2D eigenvalue weighted by Crippen LogP contribution is -1.87. The Bertz CT molecular complexity index is 1490. The molecule has 9 heteroatoms. The number of rotatable bonds is 4. The topological polar surface area (TPSA) is 100 Å². The van der Waals surface area contributed by atoms with Gasteiger partial charge in [-0.1, -0.05) is 18.2 Å². The number of nitro groups is 1. The van der Waals surface area contributed by atoms with E-state index in [0.29, 0.717) is 27.6 Å². The normalized spacial score (nSPS) is 11.7. The lowest BCUT2D eigenvalue weighted by atomic mass is 10.1. The SMILES string of the molecule is O=[N+]([O-])c1ccc2nc(-c3cc4c(C=Cc5ccc(F)cc5)n[nH]c4cc3F)[nH]c2c1. The summed E-state index contributed by atoms with van der Waals surface area (Å²) in [4.78, 5) is 17.8. The first-order valence-electron chi connectivity index (χ1n) is 9.24. The molecule has 3 aromatic carbocycles. The van der Waals surface area contributed by atoms with Crippen molar-refractivity contribution in [1.29, 1.82) is 0 Å². The predicted molar refractivity (Wildman–Crippen MR) is 113 cm³/mol. The Labute approximate surface area is 173 Å². The van der Waals surface area contributed by atoms with Gasteiger partial charge in [-0.25, -0.2) is 13.8 Å². The van der Waals surface area contributed by atoms with E-state index in [1.807, 2.05) is 0 Å². The zero-order chi connectivity index (χ0) is 21.5. The molecule has 0 unspecified atom stereocenters. The smallest absolute Gasteiger partial charge is 0.271 e. The fraction of sp³-hybridized carbons (Fsp3) is 0. The number of nitrogens with zero attached hydrogens (tertiary/aromatic N) is 3. The van der Waals surface area contributed by atoms with Crippen LogP contribution >= 0.6 is 0 Å². The highest BCUT2D eigenvalue weighted by molar-refractivity contribution is 5.93. The molecular formula is C22H13F2N5O2. The van der Waals surface area contributed by atoms with Gasteiger partial charge in [-0.15, -0.1) is 0 Å². The molecule has 5 rings (SSSR count). The van der Waals surface area contributed by atoms with E-state index < -0.39 is 10.7 Å². The average Bonchev–Trinajstić information content (AvgIpc) is 3.35. The summed E-state index contributed by atoms with van der Waals surface area (Å²) in [7, 11) is 0. The number of hydrogen-bond donors (Lipinski definition) is 2. The van der Waals surface area contributed by atoms with Crippen LogP contribution in [0.3, 0.4) is 0 Å². The zero-order valence-corrected chi connectivity index (χ0v) is 15.8. The standard InChI is InChI=1S/C22H13F2N5O2/c23-13-4-1-12(2-5-13)3-7-18-16-10-15(17(24)11-20(16)28-27-18)22-25-19-8-6-14(29(30)31)9-21(19)26-22/h1-11H,(H,25,26)(H,27,28). The molecule has 0 spiro atoms. The van der Waals surface area contributed by atoms with Crippen molar-refractivity contribution in [2.24, 2.45) is 0 Å². The van der Waals surface area contributed by atoms with E-state index in [2.05, 4.69) is 20.2 Å². The third kappa shape index (κ3) is 3.42. The summed E-state index contributed by atoms with van der Waals surface area (Å²) >= 11 is 0. The van der Waals surface area contributed by atoms with Crippen LogP contribution in [0.1, 0.15) is 11.3 Å². The van der Waals surface area contributed by atoms with Gasteiger partial charge in [0.25, 0.3) is 5.69 Å². The number of hydrogen-bond acceptors (Lipinski definition) is 4. The highest BCUT2D eigenvalue weighted by Gasteiger charge is 2.16. The summed E-state index contributed by atoms with van der Waals surface area (Å²) in [5, 5.41) is 18.7. The molecule has 0 saturated heterocycles. The van der Waals surface area contributed by atoms with E-state index in [1.165, 1.54) is 36.4 Å². The molecule has 7 nitrogen and oxygen atoms in total. The van der Waals surface area contributed by atoms with Gasteiger partial charge in [-0.3, -0.25) is 15.2 Å². The Morgan fingerprint density at radius 1 is 0.968 bits per heavy atom. The largest absolute Gasteiger partial charge is 0.338 e. The molecule has 0 aliphatic heterocycles. The van der Waals surface area contributed by atoms with Crippen LogP contribution in [0, 0.1) is 21.7 Å². The van der Waals surface area contributed by atoms with Gasteiger partial charge in [-0.05, 0) is 35.9 Å². The third-order valence-corrected chi connectivity index (χ3v) is 4.92. The van der Waals surface area contributed by atoms with Crippen LogP contribution in [0.15, 0.2) is 54.6 Å². The van der Waals surface area contributed by atoms with E-state index in [0.717, 1.165) is 5.56 Å². The number of halogens is 2. The molecule has 0 radical (unpaired) electrons. The number of fused-ring (bicyclic) bond motifs is 2. The second-order valence-electron chi connectivity index (χ2n) is 6.92. The Morgan fingerprint density at radius 3 is 2.55 bits per heavy atom. The van der Waals surface area contributed by atoms with Crippen molar-refractivity contribution in [2.45, 2.75) is 0 Å².